The number of benzene rings is 8. The molecule has 1 spiro atoms. The van der Waals surface area contributed by atoms with Gasteiger partial charge in [0.1, 0.15) is 5.82 Å². The summed E-state index contributed by atoms with van der Waals surface area (Å²) in [5, 5.41) is 2.55. The van der Waals surface area contributed by atoms with Gasteiger partial charge in [-0.05, 0) is 67.6 Å². The van der Waals surface area contributed by atoms with E-state index in [1.54, 1.807) is 0 Å². The molecule has 12 rings (SSSR count). The summed E-state index contributed by atoms with van der Waals surface area (Å²) in [7, 11) is 0. The zero-order chi connectivity index (χ0) is 35.4. The van der Waals surface area contributed by atoms with E-state index in [-0.39, 0.29) is 0 Å². The van der Waals surface area contributed by atoms with E-state index in [9.17, 15) is 0 Å². The second-order valence-corrected chi connectivity index (χ2v) is 14.4. The molecule has 0 amide bonds. The summed E-state index contributed by atoms with van der Waals surface area (Å²) in [5.74, 6) is 1.54. The van der Waals surface area contributed by atoms with Crippen molar-refractivity contribution in [2.45, 2.75) is 5.41 Å². The molecule has 54 heavy (non-hydrogen) atoms. The van der Waals surface area contributed by atoms with Crippen molar-refractivity contribution in [3.05, 3.63) is 210 Å². The third-order valence-corrected chi connectivity index (χ3v) is 11.8. The average molecular weight is 686 g/mol. The Balaban J connectivity index is 1.21. The van der Waals surface area contributed by atoms with E-state index >= 15 is 0 Å². The summed E-state index contributed by atoms with van der Waals surface area (Å²) in [5.41, 5.74) is 17.6. The predicted molar refractivity (Wildman–Crippen MR) is 220 cm³/mol. The number of rotatable bonds is 3. The van der Waals surface area contributed by atoms with Crippen LogP contribution in [0.4, 0.5) is 17.2 Å². The average Bonchev–Trinajstić information content (AvgIpc) is 3.54. The largest absolute Gasteiger partial charge is 0.294 e. The van der Waals surface area contributed by atoms with Crippen molar-refractivity contribution in [2.24, 2.45) is 0 Å². The van der Waals surface area contributed by atoms with Crippen LogP contribution in [0.2, 0.25) is 0 Å². The number of fused-ring (bicyclic) bond motifs is 11. The van der Waals surface area contributed by atoms with Crippen molar-refractivity contribution in [3.63, 3.8) is 0 Å². The van der Waals surface area contributed by atoms with E-state index in [0.29, 0.717) is 5.82 Å². The van der Waals surface area contributed by atoms with Gasteiger partial charge < -0.3 is 0 Å². The van der Waals surface area contributed by atoms with Crippen molar-refractivity contribution in [2.75, 3.05) is 4.90 Å². The maximum absolute atomic E-state index is 5.37. The number of nitrogens with zero attached hydrogens (tertiary/aromatic N) is 3. The van der Waals surface area contributed by atoms with Crippen LogP contribution in [-0.4, -0.2) is 9.97 Å². The van der Waals surface area contributed by atoms with Crippen molar-refractivity contribution < 1.29 is 0 Å². The first-order valence-corrected chi connectivity index (χ1v) is 18.6. The third-order valence-electron chi connectivity index (χ3n) is 11.8. The van der Waals surface area contributed by atoms with Crippen LogP contribution in [0.1, 0.15) is 22.3 Å². The minimum atomic E-state index is -0.467. The van der Waals surface area contributed by atoms with Gasteiger partial charge in [0.15, 0.2) is 5.82 Å². The minimum Gasteiger partial charge on any atom is -0.294 e. The standard InChI is InChI=1S/C51H31N3/c1-3-15-32(16-4-1)44-31-47(53-50(52-44)33-17-5-2-6-18-33)54-45-26-14-10-22-37(45)39-28-27-38-36-21-9-13-25-42(36)51(43-29-30-46(54)49(39)48(38)43)40-23-11-7-19-34(40)35-20-8-12-24-41(35)51/h1-31H. The van der Waals surface area contributed by atoms with E-state index < -0.39 is 5.41 Å². The van der Waals surface area contributed by atoms with Crippen LogP contribution in [-0.2, 0) is 5.41 Å². The second kappa shape index (κ2) is 11.0. The van der Waals surface area contributed by atoms with E-state index in [4.69, 9.17) is 9.97 Å². The van der Waals surface area contributed by atoms with Gasteiger partial charge in [-0.15, -0.1) is 0 Å². The fourth-order valence-electron chi connectivity index (χ4n) is 9.73. The van der Waals surface area contributed by atoms with Gasteiger partial charge in [0.25, 0.3) is 0 Å². The summed E-state index contributed by atoms with van der Waals surface area (Å²) in [6.45, 7) is 0. The quantitative estimate of drug-likeness (QED) is 0.185. The Kier molecular flexibility index (Phi) is 5.98. The first-order chi connectivity index (χ1) is 26.8. The highest BCUT2D eigenvalue weighted by molar-refractivity contribution is 6.20. The monoisotopic (exact) mass is 685 g/mol. The molecule has 3 aliphatic rings. The highest BCUT2D eigenvalue weighted by atomic mass is 15.2. The summed E-state index contributed by atoms with van der Waals surface area (Å²) >= 11 is 0. The van der Waals surface area contributed by atoms with Crippen molar-refractivity contribution in [3.8, 4) is 56.0 Å². The summed E-state index contributed by atoms with van der Waals surface area (Å²) in [6.07, 6.45) is 0. The van der Waals surface area contributed by atoms with E-state index in [2.05, 4.69) is 181 Å². The van der Waals surface area contributed by atoms with Crippen LogP contribution in [0, 0.1) is 0 Å². The van der Waals surface area contributed by atoms with Crippen molar-refractivity contribution >= 4 is 28.0 Å². The zero-order valence-corrected chi connectivity index (χ0v) is 29.2. The lowest BCUT2D eigenvalue weighted by atomic mass is 9.61. The molecule has 0 atom stereocenters. The molecule has 0 fully saturated rings. The predicted octanol–water partition coefficient (Wildman–Crippen LogP) is 12.8. The second-order valence-electron chi connectivity index (χ2n) is 14.4. The molecule has 0 saturated heterocycles. The zero-order valence-electron chi connectivity index (χ0n) is 29.2. The molecule has 250 valence electrons. The van der Waals surface area contributed by atoms with Gasteiger partial charge in [-0.1, -0.05) is 170 Å². The van der Waals surface area contributed by atoms with Crippen LogP contribution in [0.5, 0.6) is 0 Å². The Bertz CT molecular complexity index is 2900. The number of hydrogen-bond acceptors (Lipinski definition) is 3. The van der Waals surface area contributed by atoms with Crippen molar-refractivity contribution in [1.29, 1.82) is 0 Å². The molecule has 1 aromatic heterocycles. The van der Waals surface area contributed by atoms with Gasteiger partial charge in [-0.25, -0.2) is 9.97 Å². The number of anilines is 3. The molecule has 0 bridgehead atoms. The SMILES string of the molecule is c1ccc(-c2cc(N3c4ccccc4-c4ccc5c6c(ccc3c46)C3(c4ccccc4-c4ccccc43)c3ccccc3-5)nc(-c3ccccc3)n2)cc1. The minimum absolute atomic E-state index is 0.467. The molecule has 9 aromatic rings. The van der Waals surface area contributed by atoms with E-state index in [1.807, 2.05) is 12.1 Å². The molecule has 8 aromatic carbocycles. The first kappa shape index (κ1) is 29.5. The lowest BCUT2D eigenvalue weighted by molar-refractivity contribution is 0.773. The molecule has 0 radical (unpaired) electrons. The Labute approximate surface area is 313 Å². The van der Waals surface area contributed by atoms with E-state index in [1.165, 1.54) is 66.4 Å². The van der Waals surface area contributed by atoms with Gasteiger partial charge in [0.2, 0.25) is 0 Å². The summed E-state index contributed by atoms with van der Waals surface area (Å²) in [4.78, 5) is 12.9. The lowest BCUT2D eigenvalue weighted by Crippen LogP contribution is -2.32. The molecule has 0 saturated carbocycles. The Morgan fingerprint density at radius 1 is 0.352 bits per heavy atom. The fourth-order valence-corrected chi connectivity index (χ4v) is 9.73. The maximum atomic E-state index is 5.37. The first-order valence-electron chi connectivity index (χ1n) is 18.6. The molecule has 2 aliphatic carbocycles. The van der Waals surface area contributed by atoms with Gasteiger partial charge in [0.05, 0.1) is 22.5 Å². The van der Waals surface area contributed by atoms with Gasteiger partial charge in [0, 0.05) is 28.1 Å². The summed E-state index contributed by atoms with van der Waals surface area (Å²) in [6, 6.07) is 68.3. The molecular formula is C51H31N3. The van der Waals surface area contributed by atoms with Gasteiger partial charge >= 0.3 is 0 Å². The van der Waals surface area contributed by atoms with Crippen LogP contribution in [0.25, 0.3) is 66.8 Å². The Morgan fingerprint density at radius 2 is 0.870 bits per heavy atom. The molecule has 2 heterocycles. The van der Waals surface area contributed by atoms with Gasteiger partial charge in [-0.3, -0.25) is 4.90 Å². The molecule has 0 unspecified atom stereocenters. The van der Waals surface area contributed by atoms with Crippen molar-refractivity contribution in [1.82, 2.24) is 9.97 Å². The number of para-hydroxylation sites is 1. The third kappa shape index (κ3) is 3.80. The Hall–Kier alpha value is -7.10. The lowest BCUT2D eigenvalue weighted by Gasteiger charge is -2.42. The van der Waals surface area contributed by atoms with Crippen LogP contribution < -0.4 is 4.90 Å². The van der Waals surface area contributed by atoms with E-state index in [0.717, 1.165) is 34.0 Å². The topological polar surface area (TPSA) is 29.0 Å². The molecule has 0 N–H and O–H groups in total. The van der Waals surface area contributed by atoms with Crippen LogP contribution in [0.15, 0.2) is 188 Å². The maximum Gasteiger partial charge on any atom is 0.162 e. The smallest absolute Gasteiger partial charge is 0.162 e. The van der Waals surface area contributed by atoms with Gasteiger partial charge in [-0.2, -0.15) is 0 Å². The van der Waals surface area contributed by atoms with Crippen LogP contribution in [0.3, 0.4) is 0 Å². The normalized spacial score (nSPS) is 13.7. The highest BCUT2D eigenvalue weighted by Gasteiger charge is 2.50. The van der Waals surface area contributed by atoms with Crippen LogP contribution >= 0.6 is 0 Å². The fraction of sp³-hybridized carbons (Fsp3) is 0.0196. The Morgan fingerprint density at radius 3 is 1.52 bits per heavy atom. The number of hydrogen-bond donors (Lipinski definition) is 0. The number of aromatic nitrogens is 2. The summed E-state index contributed by atoms with van der Waals surface area (Å²) < 4.78 is 0. The molecule has 1 aliphatic heterocycles. The molecular weight excluding hydrogens is 655 g/mol. The highest BCUT2D eigenvalue weighted by Crippen LogP contribution is 2.64. The molecule has 3 nitrogen and oxygen atoms in total. The molecule has 3 heteroatoms.